The van der Waals surface area contributed by atoms with Gasteiger partial charge >= 0.3 is 0 Å². The van der Waals surface area contributed by atoms with Gasteiger partial charge in [0.05, 0.1) is 24.1 Å². The van der Waals surface area contributed by atoms with Gasteiger partial charge < -0.3 is 15.5 Å². The highest BCUT2D eigenvalue weighted by Crippen LogP contribution is 2.23. The Labute approximate surface area is 266 Å². The number of halogens is 1. The fraction of sp³-hybridized carbons (Fsp3) is 0.394. The fourth-order valence-corrected chi connectivity index (χ4v) is 6.21. The molecule has 4 heterocycles. The van der Waals surface area contributed by atoms with Gasteiger partial charge in [0.1, 0.15) is 23.6 Å². The molecule has 0 aliphatic carbocycles. The third-order valence-corrected chi connectivity index (χ3v) is 8.46. The molecule has 2 atom stereocenters. The summed E-state index contributed by atoms with van der Waals surface area (Å²) in [6.07, 6.45) is 2.78. The van der Waals surface area contributed by atoms with Gasteiger partial charge in [0.2, 0.25) is 17.7 Å². The number of benzene rings is 2. The number of hydrogen-bond donors (Lipinski definition) is 2. The lowest BCUT2D eigenvalue weighted by Gasteiger charge is -2.42. The van der Waals surface area contributed by atoms with Crippen LogP contribution in [0, 0.1) is 19.7 Å². The van der Waals surface area contributed by atoms with Gasteiger partial charge in [0.25, 0.3) is 0 Å². The summed E-state index contributed by atoms with van der Waals surface area (Å²) in [5.41, 5.74) is 4.72. The number of aryl methyl sites for hydroxylation is 3. The average Bonchev–Trinajstić information content (AvgIpc) is 3.64. The maximum Gasteiger partial charge on any atom is 0.246 e. The number of aromatic nitrogens is 5. The van der Waals surface area contributed by atoms with Crippen LogP contribution >= 0.6 is 0 Å². The second-order valence-corrected chi connectivity index (χ2v) is 12.0. The van der Waals surface area contributed by atoms with Crippen LogP contribution < -0.4 is 10.6 Å². The Morgan fingerprint density at radius 1 is 1.00 bits per heavy atom. The van der Waals surface area contributed by atoms with Crippen LogP contribution in [0.2, 0.25) is 0 Å². The van der Waals surface area contributed by atoms with Gasteiger partial charge in [0, 0.05) is 51.3 Å². The predicted octanol–water partition coefficient (Wildman–Crippen LogP) is 2.07. The van der Waals surface area contributed by atoms with E-state index < -0.39 is 12.1 Å². The Bertz CT molecular complexity index is 1720. The van der Waals surface area contributed by atoms with Crippen molar-refractivity contribution in [2.75, 3.05) is 19.6 Å². The van der Waals surface area contributed by atoms with Crippen molar-refractivity contribution >= 4 is 17.7 Å². The number of hydrogen-bond acceptors (Lipinski definition) is 7. The standard InChI is InChI=1S/C33H38FN9O3/c1-22-15-23(2)43(38-22)29-11-10-26(34)17-25(29)19-40-13-14-42-30(21-40)32(45)35-18-27-20-41(39-37-27)12-6-9-31(44)36-28(33(42)46)16-24-7-4-3-5-8-24/h3-5,7-8,10-11,15,17,20,28,30H,6,9,12-14,16,18-19,21H2,1-2H3,(H,35,45)(H,36,44)/t28-,30+/m0/s1. The molecule has 4 aromatic rings. The average molecular weight is 628 g/mol. The van der Waals surface area contributed by atoms with Crippen LogP contribution in [-0.2, 0) is 40.4 Å². The molecule has 2 bridgehead atoms. The molecule has 0 saturated carbocycles. The molecule has 2 aliphatic rings. The summed E-state index contributed by atoms with van der Waals surface area (Å²) in [5, 5.41) is 18.8. The van der Waals surface area contributed by atoms with Crippen molar-refractivity contribution in [2.24, 2.45) is 0 Å². The molecule has 6 rings (SSSR count). The van der Waals surface area contributed by atoms with Gasteiger partial charge in [-0.25, -0.2) is 9.07 Å². The molecule has 240 valence electrons. The lowest BCUT2D eigenvalue weighted by atomic mass is 10.0. The van der Waals surface area contributed by atoms with Crippen molar-refractivity contribution in [1.29, 1.82) is 0 Å². The number of carbonyl (C=O) groups excluding carboxylic acids is 3. The summed E-state index contributed by atoms with van der Waals surface area (Å²) >= 11 is 0. The minimum absolute atomic E-state index is 0.147. The van der Waals surface area contributed by atoms with Crippen molar-refractivity contribution in [3.05, 3.63) is 94.8 Å². The minimum Gasteiger partial charge on any atom is -0.348 e. The Morgan fingerprint density at radius 3 is 2.61 bits per heavy atom. The van der Waals surface area contributed by atoms with Crippen LogP contribution in [0.25, 0.3) is 5.69 Å². The Balaban J connectivity index is 1.29. The molecular weight excluding hydrogens is 589 g/mol. The van der Waals surface area contributed by atoms with Gasteiger partial charge in [-0.1, -0.05) is 35.5 Å². The molecule has 0 unspecified atom stereocenters. The fourth-order valence-electron chi connectivity index (χ4n) is 6.21. The Morgan fingerprint density at radius 2 is 1.83 bits per heavy atom. The molecule has 0 radical (unpaired) electrons. The second-order valence-electron chi connectivity index (χ2n) is 12.0. The number of nitrogens with one attached hydrogen (secondary N) is 2. The van der Waals surface area contributed by atoms with Crippen LogP contribution in [0.3, 0.4) is 0 Å². The van der Waals surface area contributed by atoms with E-state index in [0.29, 0.717) is 43.7 Å². The zero-order valence-electron chi connectivity index (χ0n) is 26.0. The van der Waals surface area contributed by atoms with E-state index in [1.54, 1.807) is 26.5 Å². The lowest BCUT2D eigenvalue weighted by molar-refractivity contribution is -0.146. The monoisotopic (exact) mass is 627 g/mol. The minimum atomic E-state index is -0.859. The number of fused-ring (bicyclic) bond motifs is 3. The van der Waals surface area contributed by atoms with Crippen molar-refractivity contribution in [2.45, 2.75) is 64.8 Å². The zero-order valence-corrected chi connectivity index (χ0v) is 26.0. The molecule has 46 heavy (non-hydrogen) atoms. The summed E-state index contributed by atoms with van der Waals surface area (Å²) in [4.78, 5) is 44.7. The van der Waals surface area contributed by atoms with Gasteiger partial charge in [-0.15, -0.1) is 5.10 Å². The molecule has 2 aromatic heterocycles. The molecule has 3 amide bonds. The third kappa shape index (κ3) is 7.15. The van der Waals surface area contributed by atoms with E-state index in [9.17, 15) is 18.8 Å². The first-order chi connectivity index (χ1) is 22.2. The maximum atomic E-state index is 14.6. The largest absolute Gasteiger partial charge is 0.348 e. The number of piperazine rings is 1. The van der Waals surface area contributed by atoms with Gasteiger partial charge in [-0.3, -0.25) is 24.0 Å². The zero-order chi connectivity index (χ0) is 32.2. The predicted molar refractivity (Wildman–Crippen MR) is 167 cm³/mol. The van der Waals surface area contributed by atoms with Crippen LogP contribution in [0.1, 0.15) is 41.1 Å². The topological polar surface area (TPSA) is 130 Å². The Hall–Kier alpha value is -4.91. The molecule has 13 heteroatoms. The van der Waals surface area contributed by atoms with Crippen LogP contribution in [0.5, 0.6) is 0 Å². The summed E-state index contributed by atoms with van der Waals surface area (Å²) in [7, 11) is 0. The summed E-state index contributed by atoms with van der Waals surface area (Å²) in [6, 6.07) is 14.4. The van der Waals surface area contributed by atoms with E-state index >= 15 is 0 Å². The van der Waals surface area contributed by atoms with Crippen molar-refractivity contribution < 1.29 is 18.8 Å². The molecule has 2 N–H and O–H groups in total. The van der Waals surface area contributed by atoms with E-state index in [-0.39, 0.29) is 49.6 Å². The van der Waals surface area contributed by atoms with Gasteiger partial charge in [-0.2, -0.15) is 5.10 Å². The molecular formula is C33H38FN9O3. The molecule has 2 aromatic carbocycles. The van der Waals surface area contributed by atoms with Crippen molar-refractivity contribution in [3.8, 4) is 5.69 Å². The Kier molecular flexibility index (Phi) is 9.20. The van der Waals surface area contributed by atoms with E-state index in [2.05, 4.69) is 26.0 Å². The molecule has 2 aliphatic heterocycles. The molecule has 1 fully saturated rings. The molecule has 0 spiro atoms. The highest BCUT2D eigenvalue weighted by Gasteiger charge is 2.39. The van der Waals surface area contributed by atoms with Gasteiger partial charge in [-0.05, 0) is 55.7 Å². The van der Waals surface area contributed by atoms with E-state index in [1.165, 1.54) is 12.1 Å². The first kappa shape index (κ1) is 31.1. The number of rotatable bonds is 5. The van der Waals surface area contributed by atoms with E-state index in [1.807, 2.05) is 55.1 Å². The van der Waals surface area contributed by atoms with Crippen molar-refractivity contribution in [1.82, 2.24) is 45.2 Å². The third-order valence-electron chi connectivity index (χ3n) is 8.46. The number of carbonyl (C=O) groups is 3. The normalized spacial score (nSPS) is 20.0. The number of nitrogens with zero attached hydrogens (tertiary/aromatic N) is 7. The summed E-state index contributed by atoms with van der Waals surface area (Å²) < 4.78 is 18.0. The van der Waals surface area contributed by atoms with Crippen LogP contribution in [-0.4, -0.2) is 84.0 Å². The first-order valence-electron chi connectivity index (χ1n) is 15.6. The number of amides is 3. The first-order valence-corrected chi connectivity index (χ1v) is 15.6. The maximum absolute atomic E-state index is 14.6. The van der Waals surface area contributed by atoms with E-state index in [0.717, 1.165) is 22.6 Å². The summed E-state index contributed by atoms with van der Waals surface area (Å²) in [6.45, 7) is 5.73. The highest BCUT2D eigenvalue weighted by atomic mass is 19.1. The van der Waals surface area contributed by atoms with E-state index in [4.69, 9.17) is 0 Å². The smallest absolute Gasteiger partial charge is 0.246 e. The second kappa shape index (κ2) is 13.6. The lowest BCUT2D eigenvalue weighted by Crippen LogP contribution is -2.63. The summed E-state index contributed by atoms with van der Waals surface area (Å²) in [5.74, 6) is -1.27. The highest BCUT2D eigenvalue weighted by molar-refractivity contribution is 5.92. The quantitative estimate of drug-likeness (QED) is 0.347. The molecule has 12 nitrogen and oxygen atoms in total. The SMILES string of the molecule is Cc1cc(C)n(-c2ccc(F)cc2CN2CCN3C(=O)[C@H](Cc4ccccc4)NC(=O)CCCn4cc(nn4)CNC(=O)[C@H]3C2)n1. The van der Waals surface area contributed by atoms with Crippen LogP contribution in [0.4, 0.5) is 4.39 Å². The van der Waals surface area contributed by atoms with Gasteiger partial charge in [0.15, 0.2) is 0 Å². The van der Waals surface area contributed by atoms with Crippen LogP contribution in [0.15, 0.2) is 60.8 Å². The van der Waals surface area contributed by atoms with Crippen molar-refractivity contribution in [3.63, 3.8) is 0 Å². The molecule has 1 saturated heterocycles.